The smallest absolute Gasteiger partial charge is 0.410 e. The van der Waals surface area contributed by atoms with E-state index in [4.69, 9.17) is 9.84 Å². The van der Waals surface area contributed by atoms with Crippen molar-refractivity contribution in [3.8, 4) is 0 Å². The fourth-order valence-corrected chi connectivity index (χ4v) is 2.79. The number of carboxylic acids is 1. The van der Waals surface area contributed by atoms with Crippen molar-refractivity contribution in [2.75, 3.05) is 13.1 Å². The standard InChI is InChI=1S/C16H20N2O5/c1-12(19)17-16(9-14(20)21)7-8-18(11-16)15(22)23-10-13-5-3-2-4-6-13/h2-6H,7-11H2,1H3,(H,17,19)(H,20,21). The van der Waals surface area contributed by atoms with E-state index in [1.54, 1.807) is 0 Å². The van der Waals surface area contributed by atoms with Crippen molar-refractivity contribution in [1.82, 2.24) is 10.2 Å². The van der Waals surface area contributed by atoms with Gasteiger partial charge in [0, 0.05) is 20.0 Å². The number of likely N-dealkylation sites (tertiary alicyclic amines) is 1. The second-order valence-electron chi connectivity index (χ2n) is 5.74. The van der Waals surface area contributed by atoms with Gasteiger partial charge in [-0.3, -0.25) is 9.59 Å². The Morgan fingerprint density at radius 3 is 2.61 bits per heavy atom. The summed E-state index contributed by atoms with van der Waals surface area (Å²) in [6.45, 7) is 1.97. The summed E-state index contributed by atoms with van der Waals surface area (Å²) in [5, 5.41) is 11.7. The third-order valence-corrected chi connectivity index (χ3v) is 3.75. The Bertz CT molecular complexity index is 571. The normalized spacial score (nSPS) is 20.1. The maximum Gasteiger partial charge on any atom is 0.410 e. The van der Waals surface area contributed by atoms with E-state index in [2.05, 4.69) is 5.32 Å². The minimum atomic E-state index is -1.02. The molecule has 1 atom stereocenters. The van der Waals surface area contributed by atoms with Crippen LogP contribution in [0.25, 0.3) is 0 Å². The highest BCUT2D eigenvalue weighted by molar-refractivity contribution is 5.77. The van der Waals surface area contributed by atoms with Crippen LogP contribution in [0.15, 0.2) is 30.3 Å². The highest BCUT2D eigenvalue weighted by atomic mass is 16.6. The number of carbonyl (C=O) groups is 3. The average molecular weight is 320 g/mol. The summed E-state index contributed by atoms with van der Waals surface area (Å²) in [6, 6.07) is 9.29. The molecule has 1 saturated heterocycles. The first-order chi connectivity index (χ1) is 10.9. The molecule has 1 aromatic rings. The lowest BCUT2D eigenvalue weighted by Gasteiger charge is -2.28. The van der Waals surface area contributed by atoms with Crippen LogP contribution in [0.2, 0.25) is 0 Å². The molecule has 2 amide bonds. The highest BCUT2D eigenvalue weighted by Crippen LogP contribution is 2.26. The molecule has 1 fully saturated rings. The van der Waals surface area contributed by atoms with Crippen LogP contribution in [-0.2, 0) is 20.9 Å². The maximum absolute atomic E-state index is 12.1. The second-order valence-corrected chi connectivity index (χ2v) is 5.74. The van der Waals surface area contributed by atoms with Crippen LogP contribution in [0.4, 0.5) is 4.79 Å². The van der Waals surface area contributed by atoms with Gasteiger partial charge in [0.1, 0.15) is 6.61 Å². The van der Waals surface area contributed by atoms with E-state index in [0.717, 1.165) is 5.56 Å². The van der Waals surface area contributed by atoms with Crippen molar-refractivity contribution >= 4 is 18.0 Å². The van der Waals surface area contributed by atoms with Gasteiger partial charge in [-0.15, -0.1) is 0 Å². The quantitative estimate of drug-likeness (QED) is 0.854. The lowest BCUT2D eigenvalue weighted by Crippen LogP contribution is -2.51. The van der Waals surface area contributed by atoms with Gasteiger partial charge in [-0.05, 0) is 12.0 Å². The average Bonchev–Trinajstić information content (AvgIpc) is 2.88. The minimum absolute atomic E-state index is 0.131. The number of rotatable bonds is 5. The molecule has 7 heteroatoms. The molecular formula is C16H20N2O5. The summed E-state index contributed by atoms with van der Waals surface area (Å²) >= 11 is 0. The molecule has 1 heterocycles. The molecule has 1 aliphatic rings. The SMILES string of the molecule is CC(=O)NC1(CC(=O)O)CCN(C(=O)OCc2ccccc2)C1. The largest absolute Gasteiger partial charge is 0.481 e. The Morgan fingerprint density at radius 2 is 2.00 bits per heavy atom. The van der Waals surface area contributed by atoms with E-state index < -0.39 is 17.6 Å². The van der Waals surface area contributed by atoms with E-state index in [9.17, 15) is 14.4 Å². The van der Waals surface area contributed by atoms with Gasteiger partial charge in [0.15, 0.2) is 0 Å². The molecule has 1 unspecified atom stereocenters. The number of amides is 2. The first-order valence-electron chi connectivity index (χ1n) is 7.36. The molecule has 0 aliphatic carbocycles. The Balaban J connectivity index is 1.94. The summed E-state index contributed by atoms with van der Waals surface area (Å²) in [4.78, 5) is 35.9. The summed E-state index contributed by atoms with van der Waals surface area (Å²) < 4.78 is 5.24. The third-order valence-electron chi connectivity index (χ3n) is 3.75. The van der Waals surface area contributed by atoms with E-state index in [-0.39, 0.29) is 25.5 Å². The van der Waals surface area contributed by atoms with Crippen molar-refractivity contribution < 1.29 is 24.2 Å². The summed E-state index contributed by atoms with van der Waals surface area (Å²) in [7, 11) is 0. The molecule has 0 aromatic heterocycles. The topological polar surface area (TPSA) is 95.9 Å². The number of benzene rings is 1. The number of hydrogen-bond donors (Lipinski definition) is 2. The van der Waals surface area contributed by atoms with E-state index in [0.29, 0.717) is 13.0 Å². The Labute approximate surface area is 134 Å². The monoisotopic (exact) mass is 320 g/mol. The van der Waals surface area contributed by atoms with Crippen molar-refractivity contribution in [3.63, 3.8) is 0 Å². The van der Waals surface area contributed by atoms with Gasteiger partial charge in [0.25, 0.3) is 0 Å². The molecule has 0 bridgehead atoms. The second kappa shape index (κ2) is 7.13. The summed E-state index contributed by atoms with van der Waals surface area (Å²) in [5.74, 6) is -1.33. The van der Waals surface area contributed by atoms with Gasteiger partial charge < -0.3 is 20.1 Å². The van der Waals surface area contributed by atoms with Crippen molar-refractivity contribution in [2.24, 2.45) is 0 Å². The molecular weight excluding hydrogens is 300 g/mol. The number of nitrogens with zero attached hydrogens (tertiary/aromatic N) is 1. The predicted octanol–water partition coefficient (Wildman–Crippen LogP) is 1.38. The lowest BCUT2D eigenvalue weighted by atomic mass is 9.94. The molecule has 2 N–H and O–H groups in total. The predicted molar refractivity (Wildman–Crippen MR) is 81.6 cm³/mol. The lowest BCUT2D eigenvalue weighted by molar-refractivity contribution is -0.139. The van der Waals surface area contributed by atoms with Crippen molar-refractivity contribution in [1.29, 1.82) is 0 Å². The molecule has 0 saturated carbocycles. The van der Waals surface area contributed by atoms with Crippen LogP contribution >= 0.6 is 0 Å². The Hall–Kier alpha value is -2.57. The molecule has 1 aliphatic heterocycles. The Morgan fingerprint density at radius 1 is 1.30 bits per heavy atom. The Kier molecular flexibility index (Phi) is 5.20. The summed E-state index contributed by atoms with van der Waals surface area (Å²) in [5.41, 5.74) is -0.0533. The van der Waals surface area contributed by atoms with Gasteiger partial charge in [0.05, 0.1) is 12.0 Å². The molecule has 1 aromatic carbocycles. The van der Waals surface area contributed by atoms with Crippen LogP contribution in [0.5, 0.6) is 0 Å². The zero-order valence-electron chi connectivity index (χ0n) is 12.9. The minimum Gasteiger partial charge on any atom is -0.481 e. The molecule has 2 rings (SSSR count). The van der Waals surface area contributed by atoms with E-state index in [1.807, 2.05) is 30.3 Å². The van der Waals surface area contributed by atoms with Crippen molar-refractivity contribution in [3.05, 3.63) is 35.9 Å². The number of nitrogens with one attached hydrogen (secondary N) is 1. The van der Waals surface area contributed by atoms with Crippen LogP contribution in [0.3, 0.4) is 0 Å². The van der Waals surface area contributed by atoms with Gasteiger partial charge >= 0.3 is 12.1 Å². The fourth-order valence-electron chi connectivity index (χ4n) is 2.79. The van der Waals surface area contributed by atoms with Gasteiger partial charge in [-0.2, -0.15) is 0 Å². The summed E-state index contributed by atoms with van der Waals surface area (Å²) in [6.07, 6.45) is -0.347. The van der Waals surface area contributed by atoms with Crippen LogP contribution in [0, 0.1) is 0 Å². The fraction of sp³-hybridized carbons (Fsp3) is 0.438. The number of ether oxygens (including phenoxy) is 1. The zero-order valence-corrected chi connectivity index (χ0v) is 12.9. The van der Waals surface area contributed by atoms with Gasteiger partial charge in [-0.1, -0.05) is 30.3 Å². The number of carboxylic acid groups (broad SMARTS) is 1. The van der Waals surface area contributed by atoms with E-state index in [1.165, 1.54) is 11.8 Å². The van der Waals surface area contributed by atoms with Crippen LogP contribution in [0.1, 0.15) is 25.3 Å². The third kappa shape index (κ3) is 4.70. The number of hydrogen-bond acceptors (Lipinski definition) is 4. The highest BCUT2D eigenvalue weighted by Gasteiger charge is 2.42. The molecule has 0 spiro atoms. The van der Waals surface area contributed by atoms with Crippen LogP contribution in [-0.4, -0.2) is 46.6 Å². The zero-order chi connectivity index (χ0) is 16.9. The number of carbonyl (C=O) groups excluding carboxylic acids is 2. The van der Waals surface area contributed by atoms with Gasteiger partial charge in [-0.25, -0.2) is 4.79 Å². The van der Waals surface area contributed by atoms with Crippen molar-refractivity contribution in [2.45, 2.75) is 31.9 Å². The number of aliphatic carboxylic acids is 1. The molecule has 0 radical (unpaired) electrons. The van der Waals surface area contributed by atoms with Gasteiger partial charge in [0.2, 0.25) is 5.91 Å². The molecule has 23 heavy (non-hydrogen) atoms. The van der Waals surface area contributed by atoms with Crippen LogP contribution < -0.4 is 5.32 Å². The maximum atomic E-state index is 12.1. The first-order valence-corrected chi connectivity index (χ1v) is 7.36. The molecule has 7 nitrogen and oxygen atoms in total. The molecule has 124 valence electrons. The van der Waals surface area contributed by atoms with E-state index >= 15 is 0 Å². The first kappa shape index (κ1) is 16.8.